The first-order valence-electron chi connectivity index (χ1n) is 9.56. The van der Waals surface area contributed by atoms with Gasteiger partial charge in [-0.25, -0.2) is 0 Å². The normalized spacial score (nSPS) is 35.6. The minimum absolute atomic E-state index is 0. The number of likely N-dealkylation sites (tertiary alicyclic amines) is 1. The molecule has 0 aromatic carbocycles. The van der Waals surface area contributed by atoms with Crippen molar-refractivity contribution in [3.05, 3.63) is 0 Å². The van der Waals surface area contributed by atoms with Crippen LogP contribution < -0.4 is 5.73 Å². The van der Waals surface area contributed by atoms with E-state index in [0.29, 0.717) is 51.2 Å². The fourth-order valence-corrected chi connectivity index (χ4v) is 5.30. The van der Waals surface area contributed by atoms with Gasteiger partial charge >= 0.3 is 0 Å². The molecule has 4 aliphatic rings. The van der Waals surface area contributed by atoms with Crippen LogP contribution in [0.5, 0.6) is 0 Å². The SMILES string of the molecule is Cl.NC1C2CCC(C2)C1C(=O)N1CCC(C(=O)N2CCOCC2)CC1. The second-order valence-corrected chi connectivity index (χ2v) is 7.97. The molecule has 2 aliphatic carbocycles. The predicted molar refractivity (Wildman–Crippen MR) is 96.2 cm³/mol. The van der Waals surface area contributed by atoms with Crippen molar-refractivity contribution in [1.82, 2.24) is 9.80 Å². The molecule has 2 bridgehead atoms. The van der Waals surface area contributed by atoms with Crippen LogP contribution in [0.1, 0.15) is 32.1 Å². The average Bonchev–Trinajstić information content (AvgIpc) is 3.23. The molecule has 142 valence electrons. The first-order valence-corrected chi connectivity index (χ1v) is 9.56. The van der Waals surface area contributed by atoms with Crippen molar-refractivity contribution in [3.8, 4) is 0 Å². The van der Waals surface area contributed by atoms with Gasteiger partial charge in [-0.15, -0.1) is 12.4 Å². The van der Waals surface area contributed by atoms with E-state index in [2.05, 4.69) is 0 Å². The van der Waals surface area contributed by atoms with Crippen molar-refractivity contribution in [2.75, 3.05) is 39.4 Å². The molecule has 0 aromatic rings. The summed E-state index contributed by atoms with van der Waals surface area (Å²) in [4.78, 5) is 29.4. The number of piperidine rings is 1. The third-order valence-corrected chi connectivity index (χ3v) is 6.74. The topological polar surface area (TPSA) is 75.9 Å². The molecule has 4 rings (SSSR count). The predicted octanol–water partition coefficient (Wildman–Crippen LogP) is 0.879. The van der Waals surface area contributed by atoms with E-state index >= 15 is 0 Å². The fraction of sp³-hybridized carbons (Fsp3) is 0.889. The van der Waals surface area contributed by atoms with Crippen LogP contribution >= 0.6 is 12.4 Å². The second-order valence-electron chi connectivity index (χ2n) is 7.97. The summed E-state index contributed by atoms with van der Waals surface area (Å²) in [6.45, 7) is 4.12. The molecule has 0 aromatic heterocycles. The monoisotopic (exact) mass is 371 g/mol. The van der Waals surface area contributed by atoms with Crippen LogP contribution in [0.25, 0.3) is 0 Å². The Bertz CT molecular complexity index is 502. The molecule has 0 radical (unpaired) electrons. The molecule has 2 amide bonds. The summed E-state index contributed by atoms with van der Waals surface area (Å²) >= 11 is 0. The van der Waals surface area contributed by atoms with Gasteiger partial charge in [0.15, 0.2) is 0 Å². The number of rotatable bonds is 2. The van der Waals surface area contributed by atoms with Crippen molar-refractivity contribution in [2.24, 2.45) is 29.4 Å². The molecular formula is C18H30ClN3O3. The number of amides is 2. The van der Waals surface area contributed by atoms with E-state index in [9.17, 15) is 9.59 Å². The molecule has 4 unspecified atom stereocenters. The molecule has 0 spiro atoms. The zero-order chi connectivity index (χ0) is 16.7. The van der Waals surface area contributed by atoms with Crippen LogP contribution in [-0.4, -0.2) is 67.0 Å². The molecule has 2 saturated heterocycles. The summed E-state index contributed by atoms with van der Waals surface area (Å²) in [5.74, 6) is 1.68. The maximum atomic E-state index is 12.9. The Labute approximate surface area is 155 Å². The van der Waals surface area contributed by atoms with Gasteiger partial charge in [-0.2, -0.15) is 0 Å². The standard InChI is InChI=1S/C18H29N3O3.ClH/c19-16-14-2-1-13(11-14)15(16)18(23)20-5-3-12(4-6-20)17(22)21-7-9-24-10-8-21;/h12-16H,1-11,19H2;1H. The minimum atomic E-state index is 0. The largest absolute Gasteiger partial charge is 0.378 e. The summed E-state index contributed by atoms with van der Waals surface area (Å²) in [6.07, 6.45) is 5.09. The summed E-state index contributed by atoms with van der Waals surface area (Å²) < 4.78 is 5.32. The van der Waals surface area contributed by atoms with Crippen LogP contribution in [0.3, 0.4) is 0 Å². The maximum Gasteiger partial charge on any atom is 0.227 e. The van der Waals surface area contributed by atoms with Crippen LogP contribution in [0.15, 0.2) is 0 Å². The van der Waals surface area contributed by atoms with Gasteiger partial charge in [0.2, 0.25) is 11.8 Å². The van der Waals surface area contributed by atoms with E-state index in [1.54, 1.807) is 0 Å². The van der Waals surface area contributed by atoms with E-state index < -0.39 is 0 Å². The van der Waals surface area contributed by atoms with Crippen LogP contribution in [0, 0.1) is 23.7 Å². The van der Waals surface area contributed by atoms with E-state index in [1.807, 2.05) is 9.80 Å². The molecule has 7 heteroatoms. The summed E-state index contributed by atoms with van der Waals surface area (Å²) in [5, 5.41) is 0. The highest BCUT2D eigenvalue weighted by Gasteiger charge is 2.50. The lowest BCUT2D eigenvalue weighted by Gasteiger charge is -2.38. The lowest BCUT2D eigenvalue weighted by molar-refractivity contribution is -0.146. The summed E-state index contributed by atoms with van der Waals surface area (Å²) in [7, 11) is 0. The Hall–Kier alpha value is -0.850. The van der Waals surface area contributed by atoms with Crippen molar-refractivity contribution >= 4 is 24.2 Å². The fourth-order valence-electron chi connectivity index (χ4n) is 5.30. The Morgan fingerprint density at radius 1 is 0.840 bits per heavy atom. The second kappa shape index (κ2) is 7.80. The van der Waals surface area contributed by atoms with Crippen molar-refractivity contribution in [1.29, 1.82) is 0 Å². The minimum Gasteiger partial charge on any atom is -0.378 e. The third-order valence-electron chi connectivity index (χ3n) is 6.74. The Morgan fingerprint density at radius 3 is 2.04 bits per heavy atom. The number of nitrogens with two attached hydrogens (primary N) is 1. The molecule has 2 heterocycles. The van der Waals surface area contributed by atoms with E-state index in [1.165, 1.54) is 12.8 Å². The van der Waals surface area contributed by atoms with Gasteiger partial charge in [-0.3, -0.25) is 9.59 Å². The lowest BCUT2D eigenvalue weighted by Crippen LogP contribution is -2.51. The lowest BCUT2D eigenvalue weighted by atomic mass is 9.83. The number of halogens is 1. The number of fused-ring (bicyclic) bond motifs is 2. The van der Waals surface area contributed by atoms with Crippen molar-refractivity contribution in [2.45, 2.75) is 38.1 Å². The number of morpholine rings is 1. The number of nitrogens with zero attached hydrogens (tertiary/aromatic N) is 2. The van der Waals surface area contributed by atoms with Gasteiger partial charge in [-0.05, 0) is 43.9 Å². The van der Waals surface area contributed by atoms with Gasteiger partial charge in [-0.1, -0.05) is 0 Å². The zero-order valence-electron chi connectivity index (χ0n) is 14.8. The summed E-state index contributed by atoms with van der Waals surface area (Å²) in [5.41, 5.74) is 6.32. The molecule has 4 fully saturated rings. The third kappa shape index (κ3) is 3.53. The molecule has 2 N–H and O–H groups in total. The van der Waals surface area contributed by atoms with Gasteiger partial charge in [0.05, 0.1) is 19.1 Å². The molecule has 6 nitrogen and oxygen atoms in total. The number of ether oxygens (including phenoxy) is 1. The number of carbonyl (C=O) groups is 2. The van der Waals surface area contributed by atoms with E-state index in [-0.39, 0.29) is 42.1 Å². The Kier molecular flexibility index (Phi) is 5.91. The Morgan fingerprint density at radius 2 is 1.44 bits per heavy atom. The zero-order valence-corrected chi connectivity index (χ0v) is 15.6. The number of carbonyl (C=O) groups excluding carboxylic acids is 2. The molecule has 2 aliphatic heterocycles. The number of hydrogen-bond acceptors (Lipinski definition) is 4. The van der Waals surface area contributed by atoms with Crippen LogP contribution in [0.2, 0.25) is 0 Å². The van der Waals surface area contributed by atoms with Crippen molar-refractivity contribution < 1.29 is 14.3 Å². The van der Waals surface area contributed by atoms with Gasteiger partial charge in [0.25, 0.3) is 0 Å². The highest BCUT2D eigenvalue weighted by molar-refractivity contribution is 5.85. The van der Waals surface area contributed by atoms with E-state index in [4.69, 9.17) is 10.5 Å². The summed E-state index contributed by atoms with van der Waals surface area (Å²) in [6, 6.07) is 0.0592. The smallest absolute Gasteiger partial charge is 0.227 e. The molecule has 25 heavy (non-hydrogen) atoms. The van der Waals surface area contributed by atoms with E-state index in [0.717, 1.165) is 19.3 Å². The van der Waals surface area contributed by atoms with Crippen LogP contribution in [-0.2, 0) is 14.3 Å². The van der Waals surface area contributed by atoms with Crippen LogP contribution in [0.4, 0.5) is 0 Å². The van der Waals surface area contributed by atoms with Gasteiger partial charge in [0, 0.05) is 38.1 Å². The first kappa shape index (κ1) is 18.9. The Balaban J connectivity index is 0.00000182. The van der Waals surface area contributed by atoms with Crippen molar-refractivity contribution in [3.63, 3.8) is 0 Å². The maximum absolute atomic E-state index is 12.9. The number of hydrogen-bond donors (Lipinski definition) is 1. The highest BCUT2D eigenvalue weighted by atomic mass is 35.5. The molecule has 4 atom stereocenters. The quantitative estimate of drug-likeness (QED) is 0.781. The molecule has 2 saturated carbocycles. The first-order chi connectivity index (χ1) is 11.6. The highest BCUT2D eigenvalue weighted by Crippen LogP contribution is 2.48. The average molecular weight is 372 g/mol. The van der Waals surface area contributed by atoms with Gasteiger partial charge < -0.3 is 20.3 Å². The van der Waals surface area contributed by atoms with Gasteiger partial charge in [0.1, 0.15) is 0 Å². The molecular weight excluding hydrogens is 342 g/mol.